The maximum absolute atomic E-state index is 5.84. The number of ether oxygens (including phenoxy) is 1. The molecule has 0 bridgehead atoms. The molecule has 2 rings (SSSR count). The zero-order chi connectivity index (χ0) is 9.42. The Morgan fingerprint density at radius 2 is 2.23 bits per heavy atom. The SMILES string of the molecule is CC1Nc2ncnc(Cl)c2OC1C. The smallest absolute Gasteiger partial charge is 0.199 e. The summed E-state index contributed by atoms with van der Waals surface area (Å²) in [5.41, 5.74) is 0. The first-order chi connectivity index (χ1) is 6.18. The van der Waals surface area contributed by atoms with Gasteiger partial charge in [-0.3, -0.25) is 0 Å². The molecule has 0 fully saturated rings. The van der Waals surface area contributed by atoms with Gasteiger partial charge in [-0.15, -0.1) is 0 Å². The lowest BCUT2D eigenvalue weighted by Gasteiger charge is -2.29. The van der Waals surface area contributed by atoms with Gasteiger partial charge < -0.3 is 10.1 Å². The Bertz CT molecular complexity index is 331. The largest absolute Gasteiger partial charge is 0.482 e. The van der Waals surface area contributed by atoms with Gasteiger partial charge in [0.15, 0.2) is 16.7 Å². The van der Waals surface area contributed by atoms with Crippen LogP contribution in [0.15, 0.2) is 6.33 Å². The van der Waals surface area contributed by atoms with Crippen LogP contribution < -0.4 is 10.1 Å². The molecule has 2 unspecified atom stereocenters. The van der Waals surface area contributed by atoms with Crippen molar-refractivity contribution in [2.24, 2.45) is 0 Å². The van der Waals surface area contributed by atoms with Crippen molar-refractivity contribution < 1.29 is 4.74 Å². The first kappa shape index (κ1) is 8.56. The molecule has 1 aromatic rings. The first-order valence-electron chi connectivity index (χ1n) is 4.12. The van der Waals surface area contributed by atoms with Gasteiger partial charge in [-0.05, 0) is 13.8 Å². The van der Waals surface area contributed by atoms with Crippen LogP contribution in [0, 0.1) is 0 Å². The molecule has 1 N–H and O–H groups in total. The average Bonchev–Trinajstić information content (AvgIpc) is 2.09. The summed E-state index contributed by atoms with van der Waals surface area (Å²) in [5, 5.41) is 3.55. The zero-order valence-electron chi connectivity index (χ0n) is 7.41. The van der Waals surface area contributed by atoms with Crippen LogP contribution in [-0.2, 0) is 0 Å². The Morgan fingerprint density at radius 3 is 3.00 bits per heavy atom. The second-order valence-electron chi connectivity index (χ2n) is 3.10. The van der Waals surface area contributed by atoms with Crippen molar-refractivity contribution in [2.75, 3.05) is 5.32 Å². The lowest BCUT2D eigenvalue weighted by molar-refractivity contribution is 0.191. The van der Waals surface area contributed by atoms with Crippen molar-refractivity contribution in [2.45, 2.75) is 26.0 Å². The molecule has 13 heavy (non-hydrogen) atoms. The second kappa shape index (κ2) is 3.03. The van der Waals surface area contributed by atoms with E-state index in [0.29, 0.717) is 16.7 Å². The second-order valence-corrected chi connectivity index (χ2v) is 3.46. The zero-order valence-corrected chi connectivity index (χ0v) is 8.17. The fourth-order valence-electron chi connectivity index (χ4n) is 1.18. The quantitative estimate of drug-likeness (QED) is 0.647. The van der Waals surface area contributed by atoms with E-state index < -0.39 is 0 Å². The van der Waals surface area contributed by atoms with E-state index in [9.17, 15) is 0 Å². The van der Waals surface area contributed by atoms with Crippen LogP contribution in [0.25, 0.3) is 0 Å². The van der Waals surface area contributed by atoms with Crippen molar-refractivity contribution >= 4 is 17.4 Å². The van der Waals surface area contributed by atoms with Crippen LogP contribution in [0.1, 0.15) is 13.8 Å². The number of aromatic nitrogens is 2. The molecule has 1 aromatic heterocycles. The van der Waals surface area contributed by atoms with Crippen molar-refractivity contribution in [3.05, 3.63) is 11.5 Å². The summed E-state index contributed by atoms with van der Waals surface area (Å²) < 4.78 is 5.56. The molecule has 0 amide bonds. The number of halogens is 1. The summed E-state index contributed by atoms with van der Waals surface area (Å²) in [5.74, 6) is 1.22. The topological polar surface area (TPSA) is 47.0 Å². The molecule has 0 spiro atoms. The van der Waals surface area contributed by atoms with E-state index in [1.165, 1.54) is 6.33 Å². The highest BCUT2D eigenvalue weighted by Crippen LogP contribution is 2.33. The summed E-state index contributed by atoms with van der Waals surface area (Å²) in [6.07, 6.45) is 1.50. The summed E-state index contributed by atoms with van der Waals surface area (Å²) in [7, 11) is 0. The van der Waals surface area contributed by atoms with E-state index in [1.54, 1.807) is 0 Å². The highest BCUT2D eigenvalue weighted by atomic mass is 35.5. The Hall–Kier alpha value is -1.03. The van der Waals surface area contributed by atoms with Gasteiger partial charge >= 0.3 is 0 Å². The Labute approximate surface area is 81.3 Å². The Kier molecular flexibility index (Phi) is 2.00. The number of rotatable bonds is 0. The number of fused-ring (bicyclic) bond motifs is 1. The van der Waals surface area contributed by atoms with Crippen LogP contribution in [0.2, 0.25) is 5.15 Å². The van der Waals surface area contributed by atoms with Gasteiger partial charge in [0.1, 0.15) is 12.4 Å². The summed E-state index contributed by atoms with van der Waals surface area (Å²) in [6, 6.07) is 0.235. The third-order valence-electron chi connectivity index (χ3n) is 2.13. The minimum absolute atomic E-state index is 0.0796. The van der Waals surface area contributed by atoms with E-state index in [-0.39, 0.29) is 12.1 Å². The molecule has 2 heterocycles. The molecule has 5 heteroatoms. The normalized spacial score (nSPS) is 25.8. The Balaban J connectivity index is 2.42. The fourth-order valence-corrected chi connectivity index (χ4v) is 1.36. The summed E-state index contributed by atoms with van der Waals surface area (Å²) in [6.45, 7) is 4.01. The van der Waals surface area contributed by atoms with Crippen molar-refractivity contribution in [1.82, 2.24) is 9.97 Å². The van der Waals surface area contributed by atoms with Crippen molar-refractivity contribution in [1.29, 1.82) is 0 Å². The van der Waals surface area contributed by atoms with Crippen LogP contribution >= 0.6 is 11.6 Å². The van der Waals surface area contributed by atoms with E-state index >= 15 is 0 Å². The van der Waals surface area contributed by atoms with Gasteiger partial charge in [0.25, 0.3) is 0 Å². The minimum Gasteiger partial charge on any atom is -0.482 e. The van der Waals surface area contributed by atoms with Crippen LogP contribution in [-0.4, -0.2) is 22.1 Å². The molecular weight excluding hydrogens is 190 g/mol. The molecule has 0 aliphatic carbocycles. The van der Waals surface area contributed by atoms with Gasteiger partial charge in [-0.25, -0.2) is 9.97 Å². The van der Waals surface area contributed by atoms with Crippen LogP contribution in [0.5, 0.6) is 5.75 Å². The van der Waals surface area contributed by atoms with Gasteiger partial charge in [0.2, 0.25) is 0 Å². The number of hydrogen-bond acceptors (Lipinski definition) is 4. The van der Waals surface area contributed by atoms with E-state index in [2.05, 4.69) is 15.3 Å². The number of hydrogen-bond donors (Lipinski definition) is 1. The van der Waals surface area contributed by atoms with Gasteiger partial charge in [-0.2, -0.15) is 0 Å². The minimum atomic E-state index is 0.0796. The lowest BCUT2D eigenvalue weighted by atomic mass is 10.2. The molecule has 4 nitrogen and oxygen atoms in total. The maximum Gasteiger partial charge on any atom is 0.199 e. The van der Waals surface area contributed by atoms with Crippen LogP contribution in [0.3, 0.4) is 0 Å². The monoisotopic (exact) mass is 199 g/mol. The molecule has 1 aliphatic heterocycles. The molecule has 70 valence electrons. The van der Waals surface area contributed by atoms with Gasteiger partial charge in [0, 0.05) is 0 Å². The fraction of sp³-hybridized carbons (Fsp3) is 0.500. The molecule has 0 saturated heterocycles. The molecule has 0 radical (unpaired) electrons. The average molecular weight is 200 g/mol. The maximum atomic E-state index is 5.84. The summed E-state index contributed by atoms with van der Waals surface area (Å²) >= 11 is 5.84. The van der Waals surface area contributed by atoms with Crippen LogP contribution in [0.4, 0.5) is 5.82 Å². The lowest BCUT2D eigenvalue weighted by Crippen LogP contribution is -2.37. The molecule has 2 atom stereocenters. The highest BCUT2D eigenvalue weighted by Gasteiger charge is 2.25. The standard InChI is InChI=1S/C8H10ClN3O/c1-4-5(2)13-6-7(9)10-3-11-8(6)12-4/h3-5H,1-2H3,(H,10,11,12). The first-order valence-corrected chi connectivity index (χ1v) is 4.50. The predicted octanol–water partition coefficient (Wildman–Crippen LogP) is 1.71. The number of anilines is 1. The Morgan fingerprint density at radius 1 is 1.46 bits per heavy atom. The van der Waals surface area contributed by atoms with Crippen molar-refractivity contribution in [3.63, 3.8) is 0 Å². The van der Waals surface area contributed by atoms with E-state index in [0.717, 1.165) is 0 Å². The predicted molar refractivity (Wildman–Crippen MR) is 50.2 cm³/mol. The molecule has 0 saturated carbocycles. The van der Waals surface area contributed by atoms with E-state index in [4.69, 9.17) is 16.3 Å². The third-order valence-corrected chi connectivity index (χ3v) is 2.40. The molecular formula is C8H10ClN3O. The molecule has 0 aromatic carbocycles. The van der Waals surface area contributed by atoms with E-state index in [1.807, 2.05) is 13.8 Å². The number of nitrogens with one attached hydrogen (secondary N) is 1. The van der Waals surface area contributed by atoms with Gasteiger partial charge in [-0.1, -0.05) is 11.6 Å². The number of nitrogens with zero attached hydrogens (tertiary/aromatic N) is 2. The third kappa shape index (κ3) is 1.42. The molecule has 1 aliphatic rings. The van der Waals surface area contributed by atoms with Gasteiger partial charge in [0.05, 0.1) is 6.04 Å². The highest BCUT2D eigenvalue weighted by molar-refractivity contribution is 6.31. The summed E-state index contributed by atoms with van der Waals surface area (Å²) in [4.78, 5) is 7.87. The van der Waals surface area contributed by atoms with Crippen molar-refractivity contribution in [3.8, 4) is 5.75 Å².